The van der Waals surface area contributed by atoms with Crippen LogP contribution in [0.5, 0.6) is 0 Å². The molecule has 1 amide bonds. The molecule has 1 aromatic heterocycles. The quantitative estimate of drug-likeness (QED) is 0.895. The van der Waals surface area contributed by atoms with E-state index in [1.165, 1.54) is 18.3 Å². The van der Waals surface area contributed by atoms with Gasteiger partial charge < -0.3 is 10.4 Å². The van der Waals surface area contributed by atoms with Crippen LogP contribution in [0.2, 0.25) is 0 Å². The molecule has 0 bridgehead atoms. The van der Waals surface area contributed by atoms with Crippen molar-refractivity contribution in [1.29, 1.82) is 0 Å². The third-order valence-electron chi connectivity index (χ3n) is 2.89. The van der Waals surface area contributed by atoms with E-state index in [0.29, 0.717) is 5.56 Å². The lowest BCUT2D eigenvalue weighted by atomic mass is 10.0. The van der Waals surface area contributed by atoms with Crippen LogP contribution in [0.4, 0.5) is 5.82 Å². The Bertz CT molecular complexity index is 653. The van der Waals surface area contributed by atoms with Gasteiger partial charge in [-0.2, -0.15) is 0 Å². The third-order valence-corrected chi connectivity index (χ3v) is 2.89. The third kappa shape index (κ3) is 3.00. The molecular weight excluding hydrogens is 256 g/mol. The Hall–Kier alpha value is -2.69. The first kappa shape index (κ1) is 13.7. The largest absolute Gasteiger partial charge is 0.478 e. The number of carboxylic acid groups (broad SMARTS) is 1. The minimum absolute atomic E-state index is 0.0825. The van der Waals surface area contributed by atoms with Crippen molar-refractivity contribution in [3.63, 3.8) is 0 Å². The van der Waals surface area contributed by atoms with E-state index in [1.807, 2.05) is 19.1 Å². The molecule has 0 atom stereocenters. The van der Waals surface area contributed by atoms with Gasteiger partial charge in [-0.15, -0.1) is 0 Å². The number of pyridine rings is 1. The number of hydrogen-bond acceptors (Lipinski definition) is 3. The summed E-state index contributed by atoms with van der Waals surface area (Å²) < 4.78 is 0. The number of carbonyl (C=O) groups excluding carboxylic acids is 1. The van der Waals surface area contributed by atoms with Crippen molar-refractivity contribution in [3.05, 3.63) is 59.3 Å². The van der Waals surface area contributed by atoms with Crippen LogP contribution >= 0.6 is 0 Å². The number of aromatic carboxylic acids is 1. The number of hydrogen-bond donors (Lipinski definition) is 2. The second-order valence-corrected chi connectivity index (χ2v) is 4.20. The van der Waals surface area contributed by atoms with Crippen LogP contribution in [-0.2, 0) is 6.42 Å². The number of nitrogens with zero attached hydrogens (tertiary/aromatic N) is 1. The number of nitrogens with one attached hydrogen (secondary N) is 1. The Morgan fingerprint density at radius 1 is 1.25 bits per heavy atom. The topological polar surface area (TPSA) is 79.3 Å². The van der Waals surface area contributed by atoms with Crippen LogP contribution in [0.15, 0.2) is 42.6 Å². The van der Waals surface area contributed by atoms with Gasteiger partial charge >= 0.3 is 5.97 Å². The van der Waals surface area contributed by atoms with E-state index in [-0.39, 0.29) is 17.3 Å². The van der Waals surface area contributed by atoms with E-state index in [1.54, 1.807) is 12.1 Å². The molecule has 5 heteroatoms. The van der Waals surface area contributed by atoms with Gasteiger partial charge in [0.15, 0.2) is 0 Å². The van der Waals surface area contributed by atoms with Gasteiger partial charge in [0.2, 0.25) is 0 Å². The van der Waals surface area contributed by atoms with Crippen molar-refractivity contribution in [2.24, 2.45) is 0 Å². The molecular formula is C15H14N2O3. The minimum atomic E-state index is -1.06. The molecule has 1 heterocycles. The Labute approximate surface area is 116 Å². The Morgan fingerprint density at radius 2 is 2.00 bits per heavy atom. The van der Waals surface area contributed by atoms with Crippen molar-refractivity contribution >= 4 is 17.7 Å². The van der Waals surface area contributed by atoms with E-state index in [2.05, 4.69) is 10.3 Å². The number of carboxylic acids is 1. The van der Waals surface area contributed by atoms with E-state index < -0.39 is 5.97 Å². The van der Waals surface area contributed by atoms with Crippen molar-refractivity contribution < 1.29 is 14.7 Å². The summed E-state index contributed by atoms with van der Waals surface area (Å²) >= 11 is 0. The molecule has 0 fully saturated rings. The lowest BCUT2D eigenvalue weighted by Crippen LogP contribution is -2.15. The summed E-state index contributed by atoms with van der Waals surface area (Å²) in [4.78, 5) is 27.0. The van der Waals surface area contributed by atoms with Crippen LogP contribution in [-0.4, -0.2) is 22.0 Å². The predicted octanol–water partition coefficient (Wildman–Crippen LogP) is 2.59. The molecule has 0 aliphatic carbocycles. The molecule has 102 valence electrons. The van der Waals surface area contributed by atoms with Gasteiger partial charge in [0.05, 0.1) is 5.56 Å². The van der Waals surface area contributed by atoms with Gasteiger partial charge in [-0.1, -0.05) is 25.1 Å². The lowest BCUT2D eigenvalue weighted by molar-refractivity contribution is 0.0696. The van der Waals surface area contributed by atoms with Crippen molar-refractivity contribution in [2.75, 3.05) is 5.32 Å². The molecule has 2 N–H and O–H groups in total. The molecule has 2 rings (SSSR count). The molecule has 0 spiro atoms. The van der Waals surface area contributed by atoms with E-state index >= 15 is 0 Å². The molecule has 20 heavy (non-hydrogen) atoms. The van der Waals surface area contributed by atoms with Gasteiger partial charge in [-0.3, -0.25) is 4.79 Å². The average Bonchev–Trinajstić information content (AvgIpc) is 2.47. The Kier molecular flexibility index (Phi) is 4.10. The molecule has 0 aliphatic heterocycles. The number of aromatic nitrogens is 1. The summed E-state index contributed by atoms with van der Waals surface area (Å²) in [6.07, 6.45) is 2.09. The van der Waals surface area contributed by atoms with E-state index in [9.17, 15) is 9.59 Å². The second-order valence-electron chi connectivity index (χ2n) is 4.20. The van der Waals surface area contributed by atoms with E-state index in [0.717, 1.165) is 12.0 Å². The van der Waals surface area contributed by atoms with Gasteiger partial charge in [-0.25, -0.2) is 9.78 Å². The fourth-order valence-electron chi connectivity index (χ4n) is 1.87. The van der Waals surface area contributed by atoms with Gasteiger partial charge in [0, 0.05) is 11.8 Å². The highest BCUT2D eigenvalue weighted by Gasteiger charge is 2.11. The van der Waals surface area contributed by atoms with Crippen LogP contribution in [0.3, 0.4) is 0 Å². The normalized spacial score (nSPS) is 10.1. The van der Waals surface area contributed by atoms with Gasteiger partial charge in [0.1, 0.15) is 5.82 Å². The lowest BCUT2D eigenvalue weighted by Gasteiger charge is -2.08. The molecule has 0 saturated carbocycles. The van der Waals surface area contributed by atoms with E-state index in [4.69, 9.17) is 5.11 Å². The number of benzene rings is 1. The molecule has 1 aromatic carbocycles. The van der Waals surface area contributed by atoms with Crippen LogP contribution in [0.25, 0.3) is 0 Å². The van der Waals surface area contributed by atoms with Crippen LogP contribution < -0.4 is 5.32 Å². The maximum Gasteiger partial charge on any atom is 0.335 e. The van der Waals surface area contributed by atoms with Crippen molar-refractivity contribution in [2.45, 2.75) is 13.3 Å². The molecule has 2 aromatic rings. The molecule has 0 unspecified atom stereocenters. The zero-order valence-electron chi connectivity index (χ0n) is 11.0. The summed E-state index contributed by atoms with van der Waals surface area (Å²) in [5, 5.41) is 11.5. The first-order valence-electron chi connectivity index (χ1n) is 6.20. The summed E-state index contributed by atoms with van der Waals surface area (Å²) in [5.41, 5.74) is 1.58. The van der Waals surface area contributed by atoms with Crippen LogP contribution in [0.1, 0.15) is 33.2 Å². The first-order valence-corrected chi connectivity index (χ1v) is 6.20. The fraction of sp³-hybridized carbons (Fsp3) is 0.133. The number of anilines is 1. The standard InChI is InChI=1S/C15H14N2O3/c1-2-10-5-3-4-6-12(10)14(18)17-13-9-11(15(19)20)7-8-16-13/h3-9H,2H2,1H3,(H,19,20)(H,16,17,18). The maximum atomic E-state index is 12.2. The summed E-state index contributed by atoms with van der Waals surface area (Å²) in [6.45, 7) is 1.97. The smallest absolute Gasteiger partial charge is 0.335 e. The number of amides is 1. The molecule has 0 aliphatic rings. The minimum Gasteiger partial charge on any atom is -0.478 e. The summed E-state index contributed by atoms with van der Waals surface area (Å²) in [6, 6.07) is 9.98. The van der Waals surface area contributed by atoms with Crippen LogP contribution in [0, 0.1) is 0 Å². The van der Waals surface area contributed by atoms with Gasteiger partial charge in [0.25, 0.3) is 5.91 Å². The zero-order chi connectivity index (χ0) is 14.5. The molecule has 0 radical (unpaired) electrons. The molecule has 5 nitrogen and oxygen atoms in total. The fourth-order valence-corrected chi connectivity index (χ4v) is 1.87. The number of rotatable bonds is 4. The van der Waals surface area contributed by atoms with Gasteiger partial charge in [-0.05, 0) is 30.2 Å². The maximum absolute atomic E-state index is 12.2. The monoisotopic (exact) mass is 270 g/mol. The first-order chi connectivity index (χ1) is 9.61. The molecule has 0 saturated heterocycles. The summed E-state index contributed by atoms with van der Waals surface area (Å²) in [5.74, 6) is -1.13. The van der Waals surface area contributed by atoms with Crippen molar-refractivity contribution in [1.82, 2.24) is 4.98 Å². The SMILES string of the molecule is CCc1ccccc1C(=O)Nc1cc(C(=O)O)ccn1. The average molecular weight is 270 g/mol. The highest BCUT2D eigenvalue weighted by Crippen LogP contribution is 2.13. The highest BCUT2D eigenvalue weighted by atomic mass is 16.4. The highest BCUT2D eigenvalue weighted by molar-refractivity contribution is 6.05. The predicted molar refractivity (Wildman–Crippen MR) is 75.0 cm³/mol. The Morgan fingerprint density at radius 3 is 2.70 bits per heavy atom. The number of carbonyl (C=O) groups is 2. The number of aryl methyl sites for hydroxylation is 1. The second kappa shape index (κ2) is 5.97. The zero-order valence-corrected chi connectivity index (χ0v) is 11.0. The Balaban J connectivity index is 2.23. The van der Waals surface area contributed by atoms with Crippen molar-refractivity contribution in [3.8, 4) is 0 Å². The summed E-state index contributed by atoms with van der Waals surface area (Å²) in [7, 11) is 0.